The van der Waals surface area contributed by atoms with Gasteiger partial charge < -0.3 is 10.1 Å². The lowest BCUT2D eigenvalue weighted by molar-refractivity contribution is -0.137. The highest BCUT2D eigenvalue weighted by Crippen LogP contribution is 2.35. The molecular formula is C16H23NO2S. The first-order chi connectivity index (χ1) is 9.76. The fraction of sp³-hybridized carbons (Fsp3) is 0.562. The summed E-state index contributed by atoms with van der Waals surface area (Å²) in [5.74, 6) is 0.299. The number of ether oxygens (including phenoxy) is 1. The van der Waals surface area contributed by atoms with Crippen molar-refractivity contribution in [1.82, 2.24) is 5.32 Å². The van der Waals surface area contributed by atoms with Crippen LogP contribution in [0.5, 0.6) is 0 Å². The second-order valence-electron chi connectivity index (χ2n) is 5.05. The van der Waals surface area contributed by atoms with E-state index >= 15 is 0 Å². The molecule has 20 heavy (non-hydrogen) atoms. The summed E-state index contributed by atoms with van der Waals surface area (Å²) in [6, 6.07) is 9.00. The van der Waals surface area contributed by atoms with Crippen molar-refractivity contribution in [2.45, 2.75) is 37.5 Å². The van der Waals surface area contributed by atoms with Crippen LogP contribution in [0.1, 0.15) is 36.9 Å². The molecule has 1 aliphatic carbocycles. The van der Waals surface area contributed by atoms with Crippen molar-refractivity contribution in [3.8, 4) is 0 Å². The second kappa shape index (κ2) is 7.70. The van der Waals surface area contributed by atoms with Crippen LogP contribution >= 0.6 is 11.8 Å². The lowest BCUT2D eigenvalue weighted by Gasteiger charge is -2.26. The molecule has 0 radical (unpaired) electrons. The van der Waals surface area contributed by atoms with Crippen molar-refractivity contribution in [2.75, 3.05) is 19.4 Å². The molecule has 1 N–H and O–H groups in total. The van der Waals surface area contributed by atoms with Gasteiger partial charge in [0.25, 0.3) is 0 Å². The van der Waals surface area contributed by atoms with Crippen LogP contribution < -0.4 is 5.32 Å². The number of benzene rings is 1. The van der Waals surface area contributed by atoms with Crippen molar-refractivity contribution in [3.63, 3.8) is 0 Å². The van der Waals surface area contributed by atoms with Gasteiger partial charge in [0.1, 0.15) is 0 Å². The normalized spacial score (nSPS) is 21.9. The Labute approximate surface area is 125 Å². The van der Waals surface area contributed by atoms with Crippen LogP contribution in [-0.4, -0.2) is 30.6 Å². The van der Waals surface area contributed by atoms with Crippen LogP contribution in [0.4, 0.5) is 0 Å². The molecular weight excluding hydrogens is 270 g/mol. The Morgan fingerprint density at radius 2 is 2.25 bits per heavy atom. The van der Waals surface area contributed by atoms with Crippen LogP contribution in [0.2, 0.25) is 0 Å². The third-order valence-electron chi connectivity index (χ3n) is 3.76. The van der Waals surface area contributed by atoms with E-state index in [1.165, 1.54) is 24.7 Å². The highest BCUT2D eigenvalue weighted by atomic mass is 32.2. The molecule has 0 amide bonds. The molecule has 1 aromatic carbocycles. The number of aryl methyl sites for hydroxylation is 1. The number of rotatable bonds is 5. The zero-order valence-electron chi connectivity index (χ0n) is 12.2. The van der Waals surface area contributed by atoms with Crippen LogP contribution in [0.25, 0.3) is 0 Å². The first kappa shape index (κ1) is 15.4. The van der Waals surface area contributed by atoms with Crippen molar-refractivity contribution >= 4 is 17.7 Å². The van der Waals surface area contributed by atoms with Gasteiger partial charge in [-0.25, -0.2) is 0 Å². The maximum Gasteiger partial charge on any atom is 0.315 e. The van der Waals surface area contributed by atoms with E-state index in [1.54, 1.807) is 11.8 Å². The first-order valence-corrected chi connectivity index (χ1v) is 8.30. The number of carbonyl (C=O) groups excluding carboxylic acids is 1. The molecule has 1 aromatic rings. The minimum absolute atomic E-state index is 0.136. The van der Waals surface area contributed by atoms with Gasteiger partial charge in [-0.1, -0.05) is 31.2 Å². The van der Waals surface area contributed by atoms with Gasteiger partial charge in [-0.3, -0.25) is 4.79 Å². The minimum atomic E-state index is -0.136. The Morgan fingerprint density at radius 3 is 3.00 bits per heavy atom. The van der Waals surface area contributed by atoms with Gasteiger partial charge in [-0.15, -0.1) is 11.8 Å². The average molecular weight is 293 g/mol. The molecule has 0 bridgehead atoms. The monoisotopic (exact) mass is 293 g/mol. The van der Waals surface area contributed by atoms with Crippen LogP contribution in [0.15, 0.2) is 24.3 Å². The zero-order chi connectivity index (χ0) is 14.4. The van der Waals surface area contributed by atoms with E-state index in [9.17, 15) is 4.79 Å². The van der Waals surface area contributed by atoms with Crippen molar-refractivity contribution < 1.29 is 9.53 Å². The molecule has 0 saturated carbocycles. The summed E-state index contributed by atoms with van der Waals surface area (Å²) in [5.41, 5.74) is 2.84. The highest BCUT2D eigenvalue weighted by molar-refractivity contribution is 8.00. The molecule has 2 rings (SSSR count). The third kappa shape index (κ3) is 3.76. The molecule has 1 aliphatic rings. The zero-order valence-corrected chi connectivity index (χ0v) is 13.0. The lowest BCUT2D eigenvalue weighted by atomic mass is 9.99. The van der Waals surface area contributed by atoms with Crippen molar-refractivity contribution in [2.24, 2.45) is 0 Å². The number of esters is 1. The summed E-state index contributed by atoms with van der Waals surface area (Å²) >= 11 is 1.72. The molecule has 110 valence electrons. The van der Waals surface area contributed by atoms with Gasteiger partial charge in [0.15, 0.2) is 0 Å². The maximum atomic E-state index is 11.4. The molecule has 0 saturated heterocycles. The molecule has 0 fully saturated rings. The van der Waals surface area contributed by atoms with Crippen molar-refractivity contribution in [1.29, 1.82) is 0 Å². The van der Waals surface area contributed by atoms with E-state index < -0.39 is 0 Å². The molecule has 0 spiro atoms. The van der Waals surface area contributed by atoms with E-state index in [1.807, 2.05) is 0 Å². The van der Waals surface area contributed by atoms with Gasteiger partial charge in [0.05, 0.1) is 12.9 Å². The summed E-state index contributed by atoms with van der Waals surface area (Å²) in [6.07, 6.45) is 3.44. The smallest absolute Gasteiger partial charge is 0.315 e. The molecule has 2 unspecified atom stereocenters. The van der Waals surface area contributed by atoms with Gasteiger partial charge in [-0.2, -0.15) is 0 Å². The Kier molecular flexibility index (Phi) is 5.92. The quantitative estimate of drug-likeness (QED) is 0.669. The molecule has 3 nitrogen and oxygen atoms in total. The highest BCUT2D eigenvalue weighted by Gasteiger charge is 2.27. The van der Waals surface area contributed by atoms with Gasteiger partial charge in [-0.05, 0) is 36.9 Å². The van der Waals surface area contributed by atoms with Gasteiger partial charge in [0.2, 0.25) is 0 Å². The topological polar surface area (TPSA) is 38.3 Å². The number of fused-ring (bicyclic) bond motifs is 1. The van der Waals surface area contributed by atoms with E-state index in [-0.39, 0.29) is 5.97 Å². The van der Waals surface area contributed by atoms with Crippen molar-refractivity contribution in [3.05, 3.63) is 35.4 Å². The molecule has 0 aromatic heterocycles. The van der Waals surface area contributed by atoms with E-state index in [4.69, 9.17) is 4.74 Å². The predicted molar refractivity (Wildman–Crippen MR) is 84.1 cm³/mol. The predicted octanol–water partition coefficient (Wildman–Crippen LogP) is 2.95. The fourth-order valence-corrected chi connectivity index (χ4v) is 4.04. The second-order valence-corrected chi connectivity index (χ2v) is 6.28. The molecule has 2 atom stereocenters. The first-order valence-electron chi connectivity index (χ1n) is 7.25. The number of thioether (sulfide) groups is 1. The van der Waals surface area contributed by atoms with Gasteiger partial charge >= 0.3 is 5.97 Å². The Bertz CT molecular complexity index is 450. The Balaban J connectivity index is 2.16. The summed E-state index contributed by atoms with van der Waals surface area (Å²) in [6.45, 7) is 3.07. The van der Waals surface area contributed by atoms with Crippen LogP contribution in [0.3, 0.4) is 0 Å². The summed E-state index contributed by atoms with van der Waals surface area (Å²) in [7, 11) is 1.45. The number of hydrogen-bond donors (Lipinski definition) is 1. The van der Waals surface area contributed by atoms with Crippen LogP contribution in [0, 0.1) is 0 Å². The Hall–Kier alpha value is -1.00. The summed E-state index contributed by atoms with van der Waals surface area (Å²) in [5, 5.41) is 4.03. The number of nitrogens with one attached hydrogen (secondary N) is 1. The maximum absolute atomic E-state index is 11.4. The molecule has 0 aliphatic heterocycles. The molecule has 0 heterocycles. The molecule has 4 heteroatoms. The van der Waals surface area contributed by atoms with E-state index in [0.29, 0.717) is 17.0 Å². The summed E-state index contributed by atoms with van der Waals surface area (Å²) in [4.78, 5) is 11.4. The van der Waals surface area contributed by atoms with Gasteiger partial charge in [0, 0.05) is 11.3 Å². The fourth-order valence-electron chi connectivity index (χ4n) is 2.80. The van der Waals surface area contributed by atoms with E-state index in [2.05, 4.69) is 36.5 Å². The standard InChI is InChI=1S/C16H23NO2S/c1-3-17-16-13-9-5-4-7-12(13)8-6-10-14(16)20-11-15(18)19-2/h4-5,7,9,14,16-17H,3,6,8,10-11H2,1-2H3. The number of carbonyl (C=O) groups is 1. The number of methoxy groups -OCH3 is 1. The summed E-state index contributed by atoms with van der Waals surface area (Å²) < 4.78 is 4.76. The Morgan fingerprint density at radius 1 is 1.45 bits per heavy atom. The SMILES string of the molecule is CCNC1c2ccccc2CCCC1SCC(=O)OC. The average Bonchev–Trinajstić information content (AvgIpc) is 2.65. The largest absolute Gasteiger partial charge is 0.468 e. The van der Waals surface area contributed by atoms with Crippen LogP contribution in [-0.2, 0) is 16.0 Å². The lowest BCUT2D eigenvalue weighted by Crippen LogP contribution is -2.30. The number of hydrogen-bond acceptors (Lipinski definition) is 4. The third-order valence-corrected chi connectivity index (χ3v) is 5.10. The minimum Gasteiger partial charge on any atom is -0.468 e. The van der Waals surface area contributed by atoms with E-state index in [0.717, 1.165) is 19.4 Å².